The van der Waals surface area contributed by atoms with Crippen molar-refractivity contribution in [3.63, 3.8) is 0 Å². The molecule has 1 unspecified atom stereocenters. The Labute approximate surface area is 178 Å². The quantitative estimate of drug-likeness (QED) is 0.611. The first kappa shape index (κ1) is 21.7. The lowest BCUT2D eigenvalue weighted by Crippen LogP contribution is -2.26. The van der Waals surface area contributed by atoms with E-state index in [0.29, 0.717) is 11.8 Å². The van der Waals surface area contributed by atoms with Gasteiger partial charge in [-0.25, -0.2) is 9.98 Å². The summed E-state index contributed by atoms with van der Waals surface area (Å²) >= 11 is 1.76. The highest BCUT2D eigenvalue weighted by atomic mass is 32.2. The molecule has 1 fully saturated rings. The SMILES string of the molecule is C=CN=C1SC(Cc2ccnc(OC)c2)=C(CC)/C1=C(/C)N(C)CC1CCOC1. The molecular weight excluding hydrogens is 382 g/mol. The van der Waals surface area contributed by atoms with Crippen molar-refractivity contribution in [3.8, 4) is 5.88 Å². The number of pyridine rings is 1. The van der Waals surface area contributed by atoms with Crippen molar-refractivity contribution in [2.75, 3.05) is 33.9 Å². The number of methoxy groups -OCH3 is 1. The molecule has 0 bridgehead atoms. The summed E-state index contributed by atoms with van der Waals surface area (Å²) in [5.74, 6) is 1.25. The maximum atomic E-state index is 5.56. The van der Waals surface area contributed by atoms with Gasteiger partial charge >= 0.3 is 0 Å². The third kappa shape index (κ3) is 5.11. The van der Waals surface area contributed by atoms with Gasteiger partial charge in [-0.2, -0.15) is 0 Å². The first-order valence-electron chi connectivity index (χ1n) is 10.1. The highest BCUT2D eigenvalue weighted by Crippen LogP contribution is 2.43. The summed E-state index contributed by atoms with van der Waals surface area (Å²) < 4.78 is 10.8. The van der Waals surface area contributed by atoms with Crippen LogP contribution in [-0.2, 0) is 11.2 Å². The van der Waals surface area contributed by atoms with E-state index < -0.39 is 0 Å². The molecule has 5 nitrogen and oxygen atoms in total. The van der Waals surface area contributed by atoms with Crippen molar-refractivity contribution in [2.45, 2.75) is 33.1 Å². The van der Waals surface area contributed by atoms with Crippen LogP contribution in [0.2, 0.25) is 0 Å². The maximum Gasteiger partial charge on any atom is 0.213 e. The van der Waals surface area contributed by atoms with Crippen molar-refractivity contribution >= 4 is 16.8 Å². The van der Waals surface area contributed by atoms with E-state index in [0.717, 1.165) is 44.1 Å². The molecular formula is C23H31N3O2S. The van der Waals surface area contributed by atoms with E-state index in [-0.39, 0.29) is 0 Å². The Hall–Kier alpha value is -2.05. The zero-order chi connectivity index (χ0) is 20.8. The molecule has 2 aliphatic rings. The number of ether oxygens (including phenoxy) is 2. The Morgan fingerprint density at radius 2 is 2.34 bits per heavy atom. The Morgan fingerprint density at radius 3 is 3.00 bits per heavy atom. The van der Waals surface area contributed by atoms with Gasteiger partial charge in [0.15, 0.2) is 0 Å². The number of thioether (sulfide) groups is 1. The van der Waals surface area contributed by atoms with E-state index in [4.69, 9.17) is 9.47 Å². The molecule has 156 valence electrons. The van der Waals surface area contributed by atoms with E-state index in [9.17, 15) is 0 Å². The van der Waals surface area contributed by atoms with E-state index in [1.807, 2.05) is 6.07 Å². The van der Waals surface area contributed by atoms with Crippen LogP contribution in [0, 0.1) is 5.92 Å². The third-order valence-electron chi connectivity index (χ3n) is 5.50. The molecule has 1 saturated heterocycles. The number of aromatic nitrogens is 1. The normalized spacial score (nSPS) is 22.3. The van der Waals surface area contributed by atoms with Crippen LogP contribution in [0.5, 0.6) is 5.88 Å². The number of hydrogen-bond donors (Lipinski definition) is 0. The third-order valence-corrected chi connectivity index (χ3v) is 6.64. The van der Waals surface area contributed by atoms with Crippen molar-refractivity contribution in [1.82, 2.24) is 9.88 Å². The molecule has 1 aromatic heterocycles. The van der Waals surface area contributed by atoms with E-state index in [2.05, 4.69) is 48.4 Å². The van der Waals surface area contributed by atoms with Gasteiger partial charge in [-0.3, -0.25) is 0 Å². The second-order valence-corrected chi connectivity index (χ2v) is 8.51. The molecule has 0 radical (unpaired) electrons. The molecule has 1 aromatic rings. The fourth-order valence-electron chi connectivity index (χ4n) is 3.86. The van der Waals surface area contributed by atoms with Crippen molar-refractivity contribution in [3.05, 3.63) is 58.4 Å². The van der Waals surface area contributed by atoms with Crippen LogP contribution < -0.4 is 4.74 Å². The molecule has 29 heavy (non-hydrogen) atoms. The highest BCUT2D eigenvalue weighted by molar-refractivity contribution is 8.18. The monoisotopic (exact) mass is 413 g/mol. The number of rotatable bonds is 8. The van der Waals surface area contributed by atoms with Gasteiger partial charge in [-0.05, 0) is 41.9 Å². The molecule has 0 N–H and O–H groups in total. The predicted octanol–water partition coefficient (Wildman–Crippen LogP) is 4.83. The molecule has 2 aliphatic heterocycles. The molecule has 0 spiro atoms. The molecule has 0 aliphatic carbocycles. The number of hydrogen-bond acceptors (Lipinski definition) is 6. The average molecular weight is 414 g/mol. The van der Waals surface area contributed by atoms with Gasteiger partial charge in [0.25, 0.3) is 0 Å². The van der Waals surface area contributed by atoms with Crippen LogP contribution >= 0.6 is 11.8 Å². The second kappa shape index (κ2) is 10.1. The summed E-state index contributed by atoms with van der Waals surface area (Å²) in [5.41, 5.74) is 5.09. The first-order chi connectivity index (χ1) is 14.1. The average Bonchev–Trinajstić information content (AvgIpc) is 3.35. The van der Waals surface area contributed by atoms with Crippen LogP contribution in [0.4, 0.5) is 0 Å². The first-order valence-corrected chi connectivity index (χ1v) is 11.0. The summed E-state index contributed by atoms with van der Waals surface area (Å²) in [4.78, 5) is 12.5. The van der Waals surface area contributed by atoms with Crippen molar-refractivity contribution in [2.24, 2.45) is 10.9 Å². The zero-order valence-corrected chi connectivity index (χ0v) is 18.7. The molecule has 0 aromatic carbocycles. The van der Waals surface area contributed by atoms with E-state index in [1.165, 1.54) is 27.3 Å². The summed E-state index contributed by atoms with van der Waals surface area (Å²) in [6, 6.07) is 4.06. The zero-order valence-electron chi connectivity index (χ0n) is 17.9. The summed E-state index contributed by atoms with van der Waals surface area (Å²) in [5, 5.41) is 1.04. The smallest absolute Gasteiger partial charge is 0.213 e. The van der Waals surface area contributed by atoms with Gasteiger partial charge in [-0.15, -0.1) is 0 Å². The van der Waals surface area contributed by atoms with Gasteiger partial charge in [0, 0.05) is 62.3 Å². The minimum atomic E-state index is 0.599. The van der Waals surface area contributed by atoms with Gasteiger partial charge in [0.2, 0.25) is 5.88 Å². The topological polar surface area (TPSA) is 47.0 Å². The molecule has 0 saturated carbocycles. The van der Waals surface area contributed by atoms with E-state index in [1.54, 1.807) is 31.3 Å². The Bertz CT molecular complexity index is 838. The largest absolute Gasteiger partial charge is 0.481 e. The summed E-state index contributed by atoms with van der Waals surface area (Å²) in [6.45, 7) is 11.0. The predicted molar refractivity (Wildman–Crippen MR) is 121 cm³/mol. The molecule has 3 heterocycles. The Morgan fingerprint density at radius 1 is 1.52 bits per heavy atom. The van der Waals surface area contributed by atoms with Gasteiger partial charge in [0.1, 0.15) is 5.04 Å². The lowest BCUT2D eigenvalue weighted by molar-refractivity contribution is 0.178. The number of nitrogens with zero attached hydrogens (tertiary/aromatic N) is 3. The van der Waals surface area contributed by atoms with Crippen LogP contribution in [0.25, 0.3) is 0 Å². The summed E-state index contributed by atoms with van der Waals surface area (Å²) in [6.07, 6.45) is 6.40. The second-order valence-electron chi connectivity index (χ2n) is 7.43. The standard InChI is InChI=1S/C23H31N3O2S/c1-6-19-20(12-17-8-10-25-21(13-17)27-5)29-23(24-7-2)22(19)16(3)26(4)14-18-9-11-28-15-18/h7-8,10,13,18H,2,6,9,11-12,14-15H2,1,3-5H3/b22-16+,24-23?. The van der Waals surface area contributed by atoms with Crippen molar-refractivity contribution in [1.29, 1.82) is 0 Å². The Balaban J connectivity index is 1.93. The van der Waals surface area contributed by atoms with Gasteiger partial charge in [-0.1, -0.05) is 25.3 Å². The van der Waals surface area contributed by atoms with E-state index >= 15 is 0 Å². The summed E-state index contributed by atoms with van der Waals surface area (Å²) in [7, 11) is 3.83. The Kier molecular flexibility index (Phi) is 7.56. The number of aliphatic imine (C=N–C) groups is 1. The van der Waals surface area contributed by atoms with Crippen molar-refractivity contribution < 1.29 is 9.47 Å². The fraction of sp³-hybridized carbons (Fsp3) is 0.478. The molecule has 6 heteroatoms. The molecule has 3 rings (SSSR count). The van der Waals surface area contributed by atoms with Crippen LogP contribution in [0.3, 0.4) is 0 Å². The lowest BCUT2D eigenvalue weighted by Gasteiger charge is -2.25. The molecule has 0 amide bonds. The van der Waals surface area contributed by atoms with Gasteiger partial charge in [0.05, 0.1) is 13.7 Å². The minimum absolute atomic E-state index is 0.599. The van der Waals surface area contributed by atoms with Crippen LogP contribution in [-0.4, -0.2) is 48.8 Å². The number of allylic oxidation sites excluding steroid dienone is 3. The minimum Gasteiger partial charge on any atom is -0.481 e. The fourth-order valence-corrected chi connectivity index (χ4v) is 5.20. The maximum absolute atomic E-state index is 5.56. The highest BCUT2D eigenvalue weighted by Gasteiger charge is 2.29. The lowest BCUT2D eigenvalue weighted by atomic mass is 9.99. The van der Waals surface area contributed by atoms with Crippen LogP contribution in [0.1, 0.15) is 32.3 Å². The van der Waals surface area contributed by atoms with Crippen LogP contribution in [0.15, 0.2) is 57.8 Å². The molecule has 1 atom stereocenters. The van der Waals surface area contributed by atoms with Gasteiger partial charge < -0.3 is 14.4 Å².